The van der Waals surface area contributed by atoms with Gasteiger partial charge < -0.3 is 10.4 Å². The van der Waals surface area contributed by atoms with Crippen LogP contribution in [0.15, 0.2) is 24.3 Å². The van der Waals surface area contributed by atoms with Crippen LogP contribution in [0.1, 0.15) is 12.5 Å². The number of aliphatic hydroxyl groups is 1. The lowest BCUT2D eigenvalue weighted by atomic mass is 10.2. The number of halogens is 1. The predicted molar refractivity (Wildman–Crippen MR) is 54.8 cm³/mol. The van der Waals surface area contributed by atoms with Gasteiger partial charge in [0.1, 0.15) is 0 Å². The second-order valence-electron chi connectivity index (χ2n) is 3.09. The molecule has 0 bridgehead atoms. The van der Waals surface area contributed by atoms with Gasteiger partial charge in [0.05, 0.1) is 6.61 Å². The zero-order valence-electron chi connectivity index (χ0n) is 7.63. The Morgan fingerprint density at radius 1 is 1.38 bits per heavy atom. The normalized spacial score (nSPS) is 12.8. The summed E-state index contributed by atoms with van der Waals surface area (Å²) in [5.41, 5.74) is 1.17. The Kier molecular flexibility index (Phi) is 4.22. The van der Waals surface area contributed by atoms with Gasteiger partial charge in [0, 0.05) is 17.6 Å². The third kappa shape index (κ3) is 3.77. The highest BCUT2D eigenvalue weighted by Crippen LogP contribution is 2.09. The minimum atomic E-state index is 0.135. The average Bonchev–Trinajstić information content (AvgIpc) is 2.16. The van der Waals surface area contributed by atoms with E-state index in [-0.39, 0.29) is 12.6 Å². The van der Waals surface area contributed by atoms with Gasteiger partial charge in [0.15, 0.2) is 0 Å². The largest absolute Gasteiger partial charge is 0.395 e. The fraction of sp³-hybridized carbons (Fsp3) is 0.400. The van der Waals surface area contributed by atoms with Gasteiger partial charge in [-0.15, -0.1) is 0 Å². The summed E-state index contributed by atoms with van der Waals surface area (Å²) in [5.74, 6) is 0. The number of hydrogen-bond donors (Lipinski definition) is 2. The van der Waals surface area contributed by atoms with Gasteiger partial charge in [-0.05, 0) is 24.6 Å². The van der Waals surface area contributed by atoms with Crippen LogP contribution in [0.5, 0.6) is 0 Å². The molecule has 3 heteroatoms. The lowest BCUT2D eigenvalue weighted by Crippen LogP contribution is -2.28. The van der Waals surface area contributed by atoms with Crippen LogP contribution in [-0.2, 0) is 6.54 Å². The van der Waals surface area contributed by atoms with Crippen molar-refractivity contribution in [2.45, 2.75) is 19.5 Å². The number of benzene rings is 1. The predicted octanol–water partition coefficient (Wildman–Crippen LogP) is 1.81. The van der Waals surface area contributed by atoms with Crippen LogP contribution in [0.3, 0.4) is 0 Å². The molecule has 72 valence electrons. The van der Waals surface area contributed by atoms with E-state index in [9.17, 15) is 0 Å². The molecule has 1 atom stereocenters. The molecule has 1 rings (SSSR count). The molecule has 2 nitrogen and oxygen atoms in total. The van der Waals surface area contributed by atoms with Crippen molar-refractivity contribution in [3.05, 3.63) is 34.9 Å². The summed E-state index contributed by atoms with van der Waals surface area (Å²) in [4.78, 5) is 0. The monoisotopic (exact) mass is 199 g/mol. The molecule has 0 radical (unpaired) electrons. The first-order valence-corrected chi connectivity index (χ1v) is 4.69. The maximum Gasteiger partial charge on any atom is 0.0582 e. The molecule has 0 spiro atoms. The van der Waals surface area contributed by atoms with E-state index in [0.29, 0.717) is 0 Å². The van der Waals surface area contributed by atoms with Crippen LogP contribution in [0.25, 0.3) is 0 Å². The summed E-state index contributed by atoms with van der Waals surface area (Å²) in [6.45, 7) is 2.86. The third-order valence-corrected chi connectivity index (χ3v) is 2.09. The lowest BCUT2D eigenvalue weighted by molar-refractivity contribution is 0.251. The molecule has 0 saturated heterocycles. The maximum absolute atomic E-state index is 8.77. The molecule has 1 unspecified atom stereocenters. The number of nitrogens with one attached hydrogen (secondary N) is 1. The smallest absolute Gasteiger partial charge is 0.0582 e. The zero-order chi connectivity index (χ0) is 9.68. The summed E-state index contributed by atoms with van der Waals surface area (Å²) in [6, 6.07) is 7.80. The van der Waals surface area contributed by atoms with Crippen LogP contribution >= 0.6 is 11.6 Å². The molecule has 0 amide bonds. The van der Waals surface area contributed by atoms with Crippen LogP contribution in [-0.4, -0.2) is 17.8 Å². The number of aliphatic hydroxyl groups excluding tert-OH is 1. The first-order valence-electron chi connectivity index (χ1n) is 4.31. The molecular weight excluding hydrogens is 186 g/mol. The van der Waals surface area contributed by atoms with Crippen molar-refractivity contribution in [3.63, 3.8) is 0 Å². The summed E-state index contributed by atoms with van der Waals surface area (Å²) < 4.78 is 0. The number of rotatable bonds is 4. The molecule has 0 fully saturated rings. The van der Waals surface area contributed by atoms with E-state index in [0.717, 1.165) is 11.6 Å². The third-order valence-electron chi connectivity index (χ3n) is 1.84. The summed E-state index contributed by atoms with van der Waals surface area (Å²) in [7, 11) is 0. The van der Waals surface area contributed by atoms with E-state index < -0.39 is 0 Å². The van der Waals surface area contributed by atoms with Crippen molar-refractivity contribution in [3.8, 4) is 0 Å². The Bertz CT molecular complexity index is 248. The van der Waals surface area contributed by atoms with Crippen molar-refractivity contribution in [2.24, 2.45) is 0 Å². The van der Waals surface area contributed by atoms with Crippen molar-refractivity contribution in [1.29, 1.82) is 0 Å². The summed E-state index contributed by atoms with van der Waals surface area (Å²) in [6.07, 6.45) is 0. The summed E-state index contributed by atoms with van der Waals surface area (Å²) >= 11 is 5.74. The van der Waals surface area contributed by atoms with E-state index >= 15 is 0 Å². The van der Waals surface area contributed by atoms with Crippen LogP contribution in [0, 0.1) is 0 Å². The van der Waals surface area contributed by atoms with Crippen molar-refractivity contribution < 1.29 is 5.11 Å². The first kappa shape index (κ1) is 10.5. The highest BCUT2D eigenvalue weighted by atomic mass is 35.5. The molecule has 1 aromatic rings. The van der Waals surface area contributed by atoms with Crippen LogP contribution < -0.4 is 5.32 Å². The van der Waals surface area contributed by atoms with Crippen LogP contribution in [0.2, 0.25) is 5.02 Å². The first-order chi connectivity index (χ1) is 6.22. The molecular formula is C10H14ClNO. The minimum absolute atomic E-state index is 0.135. The molecule has 13 heavy (non-hydrogen) atoms. The Balaban J connectivity index is 2.41. The molecule has 0 aliphatic rings. The second kappa shape index (κ2) is 5.22. The highest BCUT2D eigenvalue weighted by Gasteiger charge is 1.98. The number of hydrogen-bond acceptors (Lipinski definition) is 2. The quantitative estimate of drug-likeness (QED) is 0.776. The average molecular weight is 200 g/mol. The molecule has 0 saturated carbocycles. The molecule has 0 aromatic heterocycles. The van der Waals surface area contributed by atoms with Crippen LogP contribution in [0.4, 0.5) is 0 Å². The molecule has 0 heterocycles. The van der Waals surface area contributed by atoms with Crippen molar-refractivity contribution in [2.75, 3.05) is 6.61 Å². The standard InChI is InChI=1S/C10H14ClNO/c1-8(7-13)12-6-9-2-4-10(11)5-3-9/h2-5,8,12-13H,6-7H2,1H3. The maximum atomic E-state index is 8.77. The van der Waals surface area contributed by atoms with Gasteiger partial charge >= 0.3 is 0 Å². The molecule has 2 N–H and O–H groups in total. The topological polar surface area (TPSA) is 32.3 Å². The zero-order valence-corrected chi connectivity index (χ0v) is 8.38. The molecule has 0 aliphatic heterocycles. The van der Waals surface area contributed by atoms with Gasteiger partial charge in [0.25, 0.3) is 0 Å². The van der Waals surface area contributed by atoms with Gasteiger partial charge in [-0.25, -0.2) is 0 Å². The highest BCUT2D eigenvalue weighted by molar-refractivity contribution is 6.30. The van der Waals surface area contributed by atoms with E-state index in [1.54, 1.807) is 0 Å². The Hall–Kier alpha value is -0.570. The van der Waals surface area contributed by atoms with Gasteiger partial charge in [0.2, 0.25) is 0 Å². The Morgan fingerprint density at radius 3 is 2.54 bits per heavy atom. The van der Waals surface area contributed by atoms with Crippen molar-refractivity contribution in [1.82, 2.24) is 5.32 Å². The van der Waals surface area contributed by atoms with E-state index in [1.807, 2.05) is 31.2 Å². The lowest BCUT2D eigenvalue weighted by Gasteiger charge is -2.10. The Morgan fingerprint density at radius 2 is 2.00 bits per heavy atom. The second-order valence-corrected chi connectivity index (χ2v) is 3.53. The SMILES string of the molecule is CC(CO)NCc1ccc(Cl)cc1. The van der Waals surface area contributed by atoms with E-state index in [4.69, 9.17) is 16.7 Å². The van der Waals surface area contributed by atoms with E-state index in [2.05, 4.69) is 5.32 Å². The molecule has 1 aromatic carbocycles. The van der Waals surface area contributed by atoms with Crippen molar-refractivity contribution >= 4 is 11.6 Å². The summed E-state index contributed by atoms with van der Waals surface area (Å²) in [5, 5.41) is 12.7. The molecule has 0 aliphatic carbocycles. The minimum Gasteiger partial charge on any atom is -0.395 e. The van der Waals surface area contributed by atoms with Gasteiger partial charge in [-0.3, -0.25) is 0 Å². The van der Waals surface area contributed by atoms with Gasteiger partial charge in [-0.1, -0.05) is 23.7 Å². The fourth-order valence-corrected chi connectivity index (χ4v) is 1.08. The van der Waals surface area contributed by atoms with Gasteiger partial charge in [-0.2, -0.15) is 0 Å². The van der Waals surface area contributed by atoms with E-state index in [1.165, 1.54) is 5.56 Å². The Labute approximate surface area is 83.5 Å². The fourth-order valence-electron chi connectivity index (χ4n) is 0.959.